The molecule has 123 valence electrons. The number of hydrogen-bond acceptors (Lipinski definition) is 6. The molecule has 0 aromatic carbocycles. The van der Waals surface area contributed by atoms with E-state index in [1.54, 1.807) is 0 Å². The van der Waals surface area contributed by atoms with E-state index in [0.717, 1.165) is 18.2 Å². The Morgan fingerprint density at radius 1 is 0.545 bits per heavy atom. The van der Waals surface area contributed by atoms with Gasteiger partial charge in [-0.25, -0.2) is 0 Å². The largest absolute Gasteiger partial charge is 3.00 e. The molecule has 0 bridgehead atoms. The topological polar surface area (TPSA) is 120 Å². The molecular formula is C15H21O6Sm. The number of hydrogen-bond donors (Lipinski definition) is 0. The van der Waals surface area contributed by atoms with E-state index in [9.17, 15) is 29.7 Å². The summed E-state index contributed by atoms with van der Waals surface area (Å²) in [5, 5.41) is 29.9. The summed E-state index contributed by atoms with van der Waals surface area (Å²) in [7, 11) is 0. The zero-order chi connectivity index (χ0) is 17.6. The summed E-state index contributed by atoms with van der Waals surface area (Å²) in [6.07, 6.45) is 3.17. The van der Waals surface area contributed by atoms with Crippen LogP contribution in [-0.4, -0.2) is 17.3 Å². The van der Waals surface area contributed by atoms with Crippen molar-refractivity contribution in [3.05, 3.63) is 35.5 Å². The van der Waals surface area contributed by atoms with Gasteiger partial charge in [0.2, 0.25) is 0 Å². The van der Waals surface area contributed by atoms with E-state index in [1.807, 2.05) is 0 Å². The van der Waals surface area contributed by atoms with Crippen LogP contribution in [0.2, 0.25) is 0 Å². The van der Waals surface area contributed by atoms with Crippen LogP contribution in [0.25, 0.3) is 0 Å². The summed E-state index contributed by atoms with van der Waals surface area (Å²) in [6.45, 7) is 8.09. The molecule has 0 fully saturated rings. The maximum absolute atomic E-state index is 9.98. The van der Waals surface area contributed by atoms with E-state index in [4.69, 9.17) is 0 Å². The minimum absolute atomic E-state index is 0. The molecule has 0 heterocycles. The van der Waals surface area contributed by atoms with Crippen LogP contribution in [0, 0.1) is 40.4 Å². The molecule has 0 spiro atoms. The first-order chi connectivity index (χ1) is 9.38. The van der Waals surface area contributed by atoms with Gasteiger partial charge in [0.05, 0.1) is 0 Å². The van der Waals surface area contributed by atoms with Crippen molar-refractivity contribution >= 4 is 17.3 Å². The SMILES string of the molecule is CC(=O)C=C(C)[O-].CC(=O)C=C(C)[O-].CC(=O)C=C(C)[O-].[Sm+3]. The average Bonchev–Trinajstić information content (AvgIpc) is 2.10. The van der Waals surface area contributed by atoms with Gasteiger partial charge in [0, 0.05) is 0 Å². The van der Waals surface area contributed by atoms with Crippen LogP contribution in [0.15, 0.2) is 35.5 Å². The van der Waals surface area contributed by atoms with E-state index in [0.29, 0.717) is 0 Å². The normalized spacial score (nSPS) is 10.9. The second-order valence-corrected chi connectivity index (χ2v) is 4.10. The second kappa shape index (κ2) is 18.0. The zero-order valence-electron chi connectivity index (χ0n) is 13.6. The average molecular weight is 448 g/mol. The summed E-state index contributed by atoms with van der Waals surface area (Å²) < 4.78 is 0. The maximum atomic E-state index is 9.98. The van der Waals surface area contributed by atoms with Gasteiger partial charge in [0.1, 0.15) is 0 Å². The van der Waals surface area contributed by atoms with E-state index in [-0.39, 0.29) is 75.0 Å². The predicted octanol–water partition coefficient (Wildman–Crippen LogP) is -0.481. The number of carbonyl (C=O) groups is 3. The van der Waals surface area contributed by atoms with E-state index in [1.165, 1.54) is 41.5 Å². The quantitative estimate of drug-likeness (QED) is 0.425. The number of allylic oxidation sites excluding steroid dienone is 6. The third kappa shape index (κ3) is 50.9. The Morgan fingerprint density at radius 3 is 0.682 bits per heavy atom. The first-order valence-electron chi connectivity index (χ1n) is 5.96. The Balaban J connectivity index is -0.000000108. The van der Waals surface area contributed by atoms with Gasteiger partial charge in [-0.2, -0.15) is 0 Å². The Hall–Kier alpha value is -1.03. The fourth-order valence-electron chi connectivity index (χ4n) is 0.859. The van der Waals surface area contributed by atoms with Crippen LogP contribution in [-0.2, 0) is 14.4 Å². The fourth-order valence-corrected chi connectivity index (χ4v) is 0.859. The third-order valence-corrected chi connectivity index (χ3v) is 1.22. The molecule has 0 aliphatic heterocycles. The van der Waals surface area contributed by atoms with Gasteiger partial charge in [0.15, 0.2) is 17.3 Å². The zero-order valence-corrected chi connectivity index (χ0v) is 16.2. The van der Waals surface area contributed by atoms with E-state index in [2.05, 4.69) is 0 Å². The van der Waals surface area contributed by atoms with Gasteiger partial charge in [-0.15, -0.1) is 17.3 Å². The third-order valence-electron chi connectivity index (χ3n) is 1.22. The summed E-state index contributed by atoms with van der Waals surface area (Å²) in [6, 6.07) is 0. The molecule has 0 saturated heterocycles. The molecule has 0 unspecified atom stereocenters. The molecule has 0 saturated carbocycles. The molecule has 0 aliphatic rings. The van der Waals surface area contributed by atoms with Crippen molar-refractivity contribution < 1.29 is 70.1 Å². The molecule has 6 nitrogen and oxygen atoms in total. The van der Waals surface area contributed by atoms with Crippen molar-refractivity contribution in [2.24, 2.45) is 0 Å². The van der Waals surface area contributed by atoms with Crippen molar-refractivity contribution in [2.45, 2.75) is 41.5 Å². The fraction of sp³-hybridized carbons (Fsp3) is 0.400. The van der Waals surface area contributed by atoms with Gasteiger partial charge in [-0.3, -0.25) is 14.4 Å². The van der Waals surface area contributed by atoms with Gasteiger partial charge >= 0.3 is 40.4 Å². The molecule has 0 N–H and O–H groups in total. The summed E-state index contributed by atoms with van der Waals surface area (Å²) >= 11 is 0. The monoisotopic (exact) mass is 449 g/mol. The van der Waals surface area contributed by atoms with Crippen molar-refractivity contribution in [1.82, 2.24) is 0 Å². The summed E-state index contributed by atoms with van der Waals surface area (Å²) in [4.78, 5) is 29.9. The molecular weight excluding hydrogens is 427 g/mol. The smallest absolute Gasteiger partial charge is 0.876 e. The van der Waals surface area contributed by atoms with E-state index >= 15 is 0 Å². The number of ketones is 3. The standard InChI is InChI=1S/3C5H8O2.Sm/c3*1-4(6)3-5(2)7;/h3*3,6H,1-2H3;/q;;;+3/p-3. The van der Waals surface area contributed by atoms with Gasteiger partial charge in [-0.05, 0) is 39.0 Å². The minimum Gasteiger partial charge on any atom is -0.876 e. The maximum Gasteiger partial charge on any atom is 3.00 e. The Kier molecular flexibility index (Phi) is 23.8. The Morgan fingerprint density at radius 2 is 0.682 bits per heavy atom. The molecule has 0 amide bonds. The Bertz CT molecular complexity index is 368. The van der Waals surface area contributed by atoms with E-state index < -0.39 is 0 Å². The molecule has 0 aromatic heterocycles. The summed E-state index contributed by atoms with van der Waals surface area (Å²) in [5.41, 5.74) is 0. The second-order valence-electron chi connectivity index (χ2n) is 4.10. The van der Waals surface area contributed by atoms with Gasteiger partial charge < -0.3 is 15.3 Å². The van der Waals surface area contributed by atoms with Crippen molar-refractivity contribution in [3.8, 4) is 0 Å². The molecule has 0 atom stereocenters. The van der Waals surface area contributed by atoms with Gasteiger partial charge in [0.25, 0.3) is 0 Å². The van der Waals surface area contributed by atoms with Crippen molar-refractivity contribution in [1.29, 1.82) is 0 Å². The van der Waals surface area contributed by atoms with Crippen LogP contribution >= 0.6 is 0 Å². The Labute approximate surface area is 163 Å². The molecule has 7 heteroatoms. The van der Waals surface area contributed by atoms with Crippen LogP contribution in [0.4, 0.5) is 0 Å². The minimum atomic E-state index is -0.187. The molecule has 1 radical (unpaired) electrons. The molecule has 22 heavy (non-hydrogen) atoms. The molecule has 0 rings (SSSR count). The van der Waals surface area contributed by atoms with Crippen molar-refractivity contribution in [2.75, 3.05) is 0 Å². The van der Waals surface area contributed by atoms with Crippen LogP contribution < -0.4 is 15.3 Å². The first-order valence-corrected chi connectivity index (χ1v) is 5.96. The number of rotatable bonds is 3. The van der Waals surface area contributed by atoms with Crippen molar-refractivity contribution in [3.63, 3.8) is 0 Å². The molecule has 0 aromatic rings. The van der Waals surface area contributed by atoms with Crippen LogP contribution in [0.1, 0.15) is 41.5 Å². The number of carbonyl (C=O) groups excluding carboxylic acids is 3. The predicted molar refractivity (Wildman–Crippen MR) is 73.3 cm³/mol. The van der Waals surface area contributed by atoms with Crippen LogP contribution in [0.5, 0.6) is 0 Å². The summed E-state index contributed by atoms with van der Waals surface area (Å²) in [5.74, 6) is -1.12. The molecule has 0 aliphatic carbocycles. The first kappa shape index (κ1) is 29.0. The van der Waals surface area contributed by atoms with Gasteiger partial charge in [-0.1, -0.05) is 20.8 Å². The van der Waals surface area contributed by atoms with Crippen LogP contribution in [0.3, 0.4) is 0 Å².